The van der Waals surface area contributed by atoms with E-state index >= 15 is 0 Å². The molecule has 2 aromatic carbocycles. The third kappa shape index (κ3) is 3.61. The Morgan fingerprint density at radius 2 is 1.93 bits per heavy atom. The van der Waals surface area contributed by atoms with Gasteiger partial charge >= 0.3 is 0 Å². The molecule has 3 aromatic rings. The van der Waals surface area contributed by atoms with Gasteiger partial charge in [0.1, 0.15) is 0 Å². The van der Waals surface area contributed by atoms with Crippen LogP contribution < -0.4 is 10.2 Å². The summed E-state index contributed by atoms with van der Waals surface area (Å²) < 4.78 is 1.60. The zero-order valence-electron chi connectivity index (χ0n) is 15.1. The first-order valence-corrected chi connectivity index (χ1v) is 9.79. The van der Waals surface area contributed by atoms with E-state index in [-0.39, 0.29) is 30.0 Å². The summed E-state index contributed by atoms with van der Waals surface area (Å²) in [5, 5.41) is 15.2. The molecule has 0 radical (unpaired) electrons. The smallest absolute Gasteiger partial charge is 0.237 e. The second-order valence-electron chi connectivity index (χ2n) is 6.38. The highest BCUT2D eigenvalue weighted by atomic mass is 32.2. The predicted molar refractivity (Wildman–Crippen MR) is 107 cm³/mol. The molecule has 1 aromatic heterocycles. The van der Waals surface area contributed by atoms with Crippen LogP contribution in [0.5, 0.6) is 0 Å². The number of nitrogens with one attached hydrogen (secondary N) is 1. The topological polar surface area (TPSA) is 93.0 Å². The minimum Gasteiger partial charge on any atom is -0.324 e. The standard InChI is InChI=1S/C19H18N6O2S/c1-13-11-17(26)20-15-9-5-6-10-16(15)24(13)18(27)12-28-19-21-22-23-25(19)14-7-3-2-4-8-14/h2-10,13H,11-12H2,1H3,(H,20,26)/t13-/m1/s1. The minimum absolute atomic E-state index is 0.101. The third-order valence-electron chi connectivity index (χ3n) is 4.39. The fourth-order valence-corrected chi connectivity index (χ4v) is 3.91. The lowest BCUT2D eigenvalue weighted by Gasteiger charge is -2.27. The highest BCUT2D eigenvalue weighted by Gasteiger charge is 2.29. The zero-order valence-corrected chi connectivity index (χ0v) is 16.0. The Morgan fingerprint density at radius 1 is 1.18 bits per heavy atom. The van der Waals surface area contributed by atoms with Gasteiger partial charge in [-0.3, -0.25) is 9.59 Å². The first-order chi connectivity index (χ1) is 13.6. The van der Waals surface area contributed by atoms with E-state index in [1.54, 1.807) is 15.6 Å². The lowest BCUT2D eigenvalue weighted by Crippen LogP contribution is -2.40. The van der Waals surface area contributed by atoms with Crippen molar-refractivity contribution in [1.29, 1.82) is 0 Å². The van der Waals surface area contributed by atoms with E-state index in [0.717, 1.165) is 5.69 Å². The van der Waals surface area contributed by atoms with Gasteiger partial charge in [-0.15, -0.1) is 5.10 Å². The molecule has 0 bridgehead atoms. The molecule has 9 heteroatoms. The summed E-state index contributed by atoms with van der Waals surface area (Å²) in [5.74, 6) is -0.0555. The van der Waals surface area contributed by atoms with Crippen molar-refractivity contribution in [1.82, 2.24) is 20.2 Å². The Kier molecular flexibility index (Phi) is 5.07. The molecule has 1 aliphatic heterocycles. The van der Waals surface area contributed by atoms with Gasteiger partial charge in [-0.1, -0.05) is 42.1 Å². The van der Waals surface area contributed by atoms with Crippen molar-refractivity contribution in [3.63, 3.8) is 0 Å². The van der Waals surface area contributed by atoms with Gasteiger partial charge in [-0.05, 0) is 41.6 Å². The summed E-state index contributed by atoms with van der Waals surface area (Å²) >= 11 is 1.26. The molecule has 2 heterocycles. The molecule has 1 aliphatic rings. The summed E-state index contributed by atoms with van der Waals surface area (Å²) in [6.45, 7) is 1.87. The first-order valence-electron chi connectivity index (χ1n) is 8.81. The van der Waals surface area contributed by atoms with Crippen LogP contribution in [-0.2, 0) is 9.59 Å². The van der Waals surface area contributed by atoms with Crippen LogP contribution in [0.1, 0.15) is 13.3 Å². The van der Waals surface area contributed by atoms with Gasteiger partial charge in [0.15, 0.2) is 0 Å². The number of para-hydroxylation sites is 3. The van der Waals surface area contributed by atoms with E-state index < -0.39 is 0 Å². The maximum atomic E-state index is 13.1. The second-order valence-corrected chi connectivity index (χ2v) is 7.32. The molecule has 1 atom stereocenters. The molecule has 2 amide bonds. The maximum absolute atomic E-state index is 13.1. The fraction of sp³-hybridized carbons (Fsp3) is 0.211. The number of tetrazole rings is 1. The van der Waals surface area contributed by atoms with Crippen molar-refractivity contribution >= 4 is 35.0 Å². The maximum Gasteiger partial charge on any atom is 0.237 e. The lowest BCUT2D eigenvalue weighted by atomic mass is 10.2. The van der Waals surface area contributed by atoms with Crippen LogP contribution in [0.2, 0.25) is 0 Å². The first kappa shape index (κ1) is 18.2. The molecule has 0 fully saturated rings. The quantitative estimate of drug-likeness (QED) is 0.684. The van der Waals surface area contributed by atoms with E-state index in [9.17, 15) is 9.59 Å². The lowest BCUT2D eigenvalue weighted by molar-refractivity contribution is -0.117. The predicted octanol–water partition coefficient (Wildman–Crippen LogP) is 2.52. The molecule has 142 valence electrons. The molecule has 0 spiro atoms. The number of amides is 2. The number of aromatic nitrogens is 4. The Labute approximate surface area is 165 Å². The van der Waals surface area contributed by atoms with Crippen molar-refractivity contribution in [3.05, 3.63) is 54.6 Å². The molecule has 4 rings (SSSR count). The van der Waals surface area contributed by atoms with E-state index in [1.165, 1.54) is 11.8 Å². The number of carbonyl (C=O) groups is 2. The van der Waals surface area contributed by atoms with Crippen LogP contribution in [0.15, 0.2) is 59.8 Å². The number of fused-ring (bicyclic) bond motifs is 1. The van der Waals surface area contributed by atoms with Gasteiger partial charge in [0.05, 0.1) is 22.8 Å². The Bertz CT molecular complexity index is 1010. The van der Waals surface area contributed by atoms with E-state index in [2.05, 4.69) is 20.8 Å². The number of thioether (sulfide) groups is 1. The normalized spacial score (nSPS) is 16.2. The highest BCUT2D eigenvalue weighted by Crippen LogP contribution is 2.32. The van der Waals surface area contributed by atoms with Crippen LogP contribution in [0, 0.1) is 0 Å². The number of hydrogen-bond donors (Lipinski definition) is 1. The number of benzene rings is 2. The van der Waals surface area contributed by atoms with Crippen molar-refractivity contribution < 1.29 is 9.59 Å². The van der Waals surface area contributed by atoms with Gasteiger partial charge in [-0.25, -0.2) is 0 Å². The third-order valence-corrected chi connectivity index (χ3v) is 5.30. The van der Waals surface area contributed by atoms with Crippen molar-refractivity contribution in [3.8, 4) is 5.69 Å². The van der Waals surface area contributed by atoms with Crippen LogP contribution in [-0.4, -0.2) is 43.8 Å². The average Bonchev–Trinajstić information content (AvgIpc) is 3.12. The number of nitrogens with zero attached hydrogens (tertiary/aromatic N) is 5. The molecule has 1 N–H and O–H groups in total. The summed E-state index contributed by atoms with van der Waals surface area (Å²) in [6, 6.07) is 16.6. The number of anilines is 2. The summed E-state index contributed by atoms with van der Waals surface area (Å²) in [7, 11) is 0. The van der Waals surface area contributed by atoms with E-state index in [4.69, 9.17) is 0 Å². The molecular formula is C19H18N6O2S. The van der Waals surface area contributed by atoms with Crippen molar-refractivity contribution in [2.75, 3.05) is 16.0 Å². The molecule has 28 heavy (non-hydrogen) atoms. The SMILES string of the molecule is C[C@@H]1CC(=O)Nc2ccccc2N1C(=O)CSc1nnnn1-c1ccccc1. The number of hydrogen-bond acceptors (Lipinski definition) is 6. The largest absolute Gasteiger partial charge is 0.324 e. The average molecular weight is 394 g/mol. The van der Waals surface area contributed by atoms with Gasteiger partial charge in [0, 0.05) is 12.5 Å². The highest BCUT2D eigenvalue weighted by molar-refractivity contribution is 7.99. The van der Waals surface area contributed by atoms with Crippen molar-refractivity contribution in [2.24, 2.45) is 0 Å². The molecule has 0 saturated carbocycles. The summed E-state index contributed by atoms with van der Waals surface area (Å²) in [6.07, 6.45) is 0.243. The van der Waals surface area contributed by atoms with Crippen LogP contribution in [0.4, 0.5) is 11.4 Å². The number of carbonyl (C=O) groups excluding carboxylic acids is 2. The monoisotopic (exact) mass is 394 g/mol. The van der Waals surface area contributed by atoms with E-state index in [1.807, 2.05) is 55.5 Å². The summed E-state index contributed by atoms with van der Waals surface area (Å²) in [4.78, 5) is 26.8. The molecule has 0 unspecified atom stereocenters. The zero-order chi connectivity index (χ0) is 19.5. The molecule has 8 nitrogen and oxygen atoms in total. The fourth-order valence-electron chi connectivity index (χ4n) is 3.16. The molecular weight excluding hydrogens is 376 g/mol. The van der Waals surface area contributed by atoms with Gasteiger partial charge in [-0.2, -0.15) is 4.68 Å². The van der Waals surface area contributed by atoms with Gasteiger partial charge in [0.2, 0.25) is 17.0 Å². The minimum atomic E-state index is -0.248. The summed E-state index contributed by atoms with van der Waals surface area (Å²) in [5.41, 5.74) is 2.17. The van der Waals surface area contributed by atoms with E-state index in [0.29, 0.717) is 16.5 Å². The molecule has 0 aliphatic carbocycles. The van der Waals surface area contributed by atoms with Crippen molar-refractivity contribution in [2.45, 2.75) is 24.5 Å². The van der Waals surface area contributed by atoms with Crippen LogP contribution >= 0.6 is 11.8 Å². The Morgan fingerprint density at radius 3 is 2.75 bits per heavy atom. The van der Waals surface area contributed by atoms with Gasteiger partial charge in [0.25, 0.3) is 0 Å². The van der Waals surface area contributed by atoms with Crippen LogP contribution in [0.25, 0.3) is 5.69 Å². The molecule has 0 saturated heterocycles. The second kappa shape index (κ2) is 7.81. The van der Waals surface area contributed by atoms with Crippen LogP contribution in [0.3, 0.4) is 0 Å². The Hall–Kier alpha value is -3.20. The number of rotatable bonds is 4. The Balaban J connectivity index is 1.55. The van der Waals surface area contributed by atoms with Gasteiger partial charge < -0.3 is 10.2 Å².